The SMILES string of the molecule is CCN(CC(C)(C)CN)C(=O)C1CSC(=O)N1. The van der Waals surface area contributed by atoms with Crippen molar-refractivity contribution in [3.8, 4) is 0 Å². The summed E-state index contributed by atoms with van der Waals surface area (Å²) in [6, 6.07) is -0.374. The lowest BCUT2D eigenvalue weighted by molar-refractivity contribution is -0.133. The fourth-order valence-electron chi connectivity index (χ4n) is 1.66. The molecule has 6 heteroatoms. The molecule has 1 atom stereocenters. The van der Waals surface area contributed by atoms with Gasteiger partial charge in [0, 0.05) is 18.8 Å². The van der Waals surface area contributed by atoms with E-state index >= 15 is 0 Å². The zero-order chi connectivity index (χ0) is 13.1. The van der Waals surface area contributed by atoms with Crippen LogP contribution in [-0.4, -0.2) is 47.5 Å². The molecule has 0 saturated carbocycles. The summed E-state index contributed by atoms with van der Waals surface area (Å²) in [5.74, 6) is 0.518. The van der Waals surface area contributed by atoms with Crippen LogP contribution in [0.25, 0.3) is 0 Å². The highest BCUT2D eigenvalue weighted by Gasteiger charge is 2.32. The van der Waals surface area contributed by atoms with E-state index in [1.54, 1.807) is 4.90 Å². The molecule has 2 amide bonds. The Morgan fingerprint density at radius 1 is 1.65 bits per heavy atom. The molecule has 0 aromatic rings. The van der Waals surface area contributed by atoms with Crippen LogP contribution in [0.5, 0.6) is 0 Å². The second-order valence-electron chi connectivity index (χ2n) is 5.02. The molecule has 0 bridgehead atoms. The van der Waals surface area contributed by atoms with E-state index in [2.05, 4.69) is 5.32 Å². The van der Waals surface area contributed by atoms with Gasteiger partial charge in [-0.3, -0.25) is 9.59 Å². The van der Waals surface area contributed by atoms with Crippen LogP contribution in [0.15, 0.2) is 0 Å². The Labute approximate surface area is 106 Å². The van der Waals surface area contributed by atoms with Gasteiger partial charge in [-0.05, 0) is 18.9 Å². The average Bonchev–Trinajstić information content (AvgIpc) is 2.72. The number of nitrogens with two attached hydrogens (primary N) is 1. The summed E-state index contributed by atoms with van der Waals surface area (Å²) in [5.41, 5.74) is 5.58. The van der Waals surface area contributed by atoms with E-state index in [1.807, 2.05) is 20.8 Å². The highest BCUT2D eigenvalue weighted by molar-refractivity contribution is 8.14. The van der Waals surface area contributed by atoms with Crippen molar-refractivity contribution >= 4 is 22.9 Å². The Hall–Kier alpha value is -0.750. The smallest absolute Gasteiger partial charge is 0.279 e. The molecule has 0 aromatic heterocycles. The first kappa shape index (κ1) is 14.3. The van der Waals surface area contributed by atoms with Crippen LogP contribution in [0, 0.1) is 5.41 Å². The van der Waals surface area contributed by atoms with Crippen molar-refractivity contribution in [1.29, 1.82) is 0 Å². The quantitative estimate of drug-likeness (QED) is 0.760. The second kappa shape index (κ2) is 5.73. The van der Waals surface area contributed by atoms with Crippen LogP contribution in [0.1, 0.15) is 20.8 Å². The molecule has 1 fully saturated rings. The molecule has 98 valence electrons. The first-order chi connectivity index (χ1) is 7.89. The predicted molar refractivity (Wildman–Crippen MR) is 69.9 cm³/mol. The molecule has 1 aliphatic rings. The summed E-state index contributed by atoms with van der Waals surface area (Å²) in [6.45, 7) is 7.79. The van der Waals surface area contributed by atoms with E-state index in [0.717, 1.165) is 11.8 Å². The van der Waals surface area contributed by atoms with Gasteiger partial charge in [0.15, 0.2) is 0 Å². The molecule has 0 aliphatic carbocycles. The molecule has 1 aliphatic heterocycles. The summed E-state index contributed by atoms with van der Waals surface area (Å²) in [6.07, 6.45) is 0. The van der Waals surface area contributed by atoms with Gasteiger partial charge in [-0.1, -0.05) is 25.6 Å². The highest BCUT2D eigenvalue weighted by Crippen LogP contribution is 2.19. The lowest BCUT2D eigenvalue weighted by atomic mass is 9.93. The molecule has 1 rings (SSSR count). The van der Waals surface area contributed by atoms with Crippen LogP contribution in [0.4, 0.5) is 4.79 Å². The van der Waals surface area contributed by atoms with Crippen LogP contribution < -0.4 is 11.1 Å². The van der Waals surface area contributed by atoms with Gasteiger partial charge in [0.05, 0.1) is 0 Å². The number of nitrogens with one attached hydrogen (secondary N) is 1. The number of amides is 2. The number of thioether (sulfide) groups is 1. The third-order valence-corrected chi connectivity index (χ3v) is 3.72. The Kier molecular flexibility index (Phi) is 4.82. The predicted octanol–water partition coefficient (Wildman–Crippen LogP) is 0.645. The van der Waals surface area contributed by atoms with Gasteiger partial charge in [-0.2, -0.15) is 0 Å². The standard InChI is InChI=1S/C11H21N3O2S/c1-4-14(7-11(2,3)6-12)9(15)8-5-17-10(16)13-8/h8H,4-7,12H2,1-3H3,(H,13,16). The van der Waals surface area contributed by atoms with Crippen molar-refractivity contribution in [3.63, 3.8) is 0 Å². The minimum Gasteiger partial charge on any atom is -0.341 e. The third kappa shape index (κ3) is 3.89. The van der Waals surface area contributed by atoms with E-state index in [1.165, 1.54) is 0 Å². The summed E-state index contributed by atoms with van der Waals surface area (Å²) < 4.78 is 0. The van der Waals surface area contributed by atoms with Gasteiger partial charge < -0.3 is 16.0 Å². The maximum absolute atomic E-state index is 12.2. The number of hydrogen-bond donors (Lipinski definition) is 2. The highest BCUT2D eigenvalue weighted by atomic mass is 32.2. The number of nitrogens with zero attached hydrogens (tertiary/aromatic N) is 1. The Balaban J connectivity index is 2.61. The summed E-state index contributed by atoms with van der Waals surface area (Å²) in [7, 11) is 0. The Morgan fingerprint density at radius 3 is 2.71 bits per heavy atom. The van der Waals surface area contributed by atoms with Crippen molar-refractivity contribution in [2.75, 3.05) is 25.4 Å². The molecule has 0 radical (unpaired) electrons. The molecule has 3 N–H and O–H groups in total. The molecule has 17 heavy (non-hydrogen) atoms. The van der Waals surface area contributed by atoms with E-state index < -0.39 is 0 Å². The van der Waals surface area contributed by atoms with Crippen molar-refractivity contribution in [2.45, 2.75) is 26.8 Å². The van der Waals surface area contributed by atoms with Crippen molar-refractivity contribution in [3.05, 3.63) is 0 Å². The Morgan fingerprint density at radius 2 is 2.29 bits per heavy atom. The molecule has 1 saturated heterocycles. The lowest BCUT2D eigenvalue weighted by Gasteiger charge is -2.32. The fraction of sp³-hybridized carbons (Fsp3) is 0.818. The van der Waals surface area contributed by atoms with E-state index in [9.17, 15) is 9.59 Å². The summed E-state index contributed by atoms with van der Waals surface area (Å²) in [5, 5.41) is 2.56. The Bertz CT molecular complexity index is 307. The van der Waals surface area contributed by atoms with Gasteiger partial charge in [0.2, 0.25) is 5.91 Å². The van der Waals surface area contributed by atoms with E-state index in [0.29, 0.717) is 25.4 Å². The molecule has 1 unspecified atom stereocenters. The normalized spacial score (nSPS) is 20.2. The number of carbonyl (C=O) groups excluding carboxylic acids is 2. The third-order valence-electron chi connectivity index (χ3n) is 2.84. The van der Waals surface area contributed by atoms with E-state index in [-0.39, 0.29) is 22.6 Å². The number of likely N-dealkylation sites (N-methyl/N-ethyl adjacent to an activating group) is 1. The van der Waals surface area contributed by atoms with Gasteiger partial charge in [0.1, 0.15) is 6.04 Å². The minimum absolute atomic E-state index is 0.00706. The van der Waals surface area contributed by atoms with Gasteiger partial charge >= 0.3 is 0 Å². The van der Waals surface area contributed by atoms with Crippen molar-refractivity contribution < 1.29 is 9.59 Å². The first-order valence-electron chi connectivity index (χ1n) is 5.82. The summed E-state index contributed by atoms with van der Waals surface area (Å²) in [4.78, 5) is 25.0. The topological polar surface area (TPSA) is 75.4 Å². The zero-order valence-electron chi connectivity index (χ0n) is 10.7. The number of hydrogen-bond acceptors (Lipinski definition) is 4. The van der Waals surface area contributed by atoms with Crippen molar-refractivity contribution in [2.24, 2.45) is 11.1 Å². The van der Waals surface area contributed by atoms with E-state index in [4.69, 9.17) is 5.73 Å². The lowest BCUT2D eigenvalue weighted by Crippen LogP contribution is -2.49. The maximum Gasteiger partial charge on any atom is 0.279 e. The van der Waals surface area contributed by atoms with Crippen LogP contribution in [-0.2, 0) is 4.79 Å². The fourth-order valence-corrected chi connectivity index (χ4v) is 2.43. The molecular formula is C11H21N3O2S. The van der Waals surface area contributed by atoms with Crippen LogP contribution in [0.2, 0.25) is 0 Å². The molecule has 0 spiro atoms. The molecule has 1 heterocycles. The van der Waals surface area contributed by atoms with Gasteiger partial charge in [-0.15, -0.1) is 0 Å². The summed E-state index contributed by atoms with van der Waals surface area (Å²) >= 11 is 1.16. The van der Waals surface area contributed by atoms with Gasteiger partial charge in [0.25, 0.3) is 5.24 Å². The molecule has 5 nitrogen and oxygen atoms in total. The maximum atomic E-state index is 12.2. The average molecular weight is 259 g/mol. The van der Waals surface area contributed by atoms with Gasteiger partial charge in [-0.25, -0.2) is 0 Å². The molecular weight excluding hydrogens is 238 g/mol. The van der Waals surface area contributed by atoms with Crippen molar-refractivity contribution in [1.82, 2.24) is 10.2 Å². The van der Waals surface area contributed by atoms with Crippen LogP contribution >= 0.6 is 11.8 Å². The number of rotatable bonds is 5. The first-order valence-corrected chi connectivity index (χ1v) is 6.80. The minimum atomic E-state index is -0.374. The van der Waals surface area contributed by atoms with Crippen LogP contribution in [0.3, 0.4) is 0 Å². The monoisotopic (exact) mass is 259 g/mol. The number of carbonyl (C=O) groups is 2. The second-order valence-corrected chi connectivity index (χ2v) is 6.01. The largest absolute Gasteiger partial charge is 0.341 e. The molecule has 0 aromatic carbocycles. The zero-order valence-corrected chi connectivity index (χ0v) is 11.5.